The molecule has 1 aliphatic heterocycles. The van der Waals surface area contributed by atoms with Gasteiger partial charge in [0, 0.05) is 28.6 Å². The normalized spacial score (nSPS) is 19.2. The zero-order chi connectivity index (χ0) is 25.4. The first-order chi connectivity index (χ1) is 18.9. The molecule has 1 aromatic heterocycles. The average molecular weight is 514 g/mol. The number of para-hydroxylation sites is 2. The van der Waals surface area contributed by atoms with E-state index in [0.717, 1.165) is 13.0 Å². The maximum atomic E-state index is 3.85. The number of benzene rings is 4. The number of fused-ring (bicyclic) bond motifs is 3. The molecule has 38 heavy (non-hydrogen) atoms. The quantitative estimate of drug-likeness (QED) is 0.255. The molecule has 3 nitrogen and oxygen atoms in total. The molecule has 1 aliphatic carbocycles. The van der Waals surface area contributed by atoms with Crippen LogP contribution in [0.1, 0.15) is 11.3 Å². The Hall–Kier alpha value is -3.99. The number of hydrogen-bond acceptors (Lipinski definition) is 2. The van der Waals surface area contributed by atoms with Crippen LogP contribution < -0.4 is 10.6 Å². The SMILES string of the molecule is C1=CNC(S(c2ccccc2)(c2ccccc2)C2C=Cc3c(c4ccccc4n3-c3ccccc3)C2)NC1. The first-order valence-corrected chi connectivity index (χ1v) is 15.0. The summed E-state index contributed by atoms with van der Waals surface area (Å²) < 4.78 is 2.43. The summed E-state index contributed by atoms with van der Waals surface area (Å²) >= 11 is 0. The smallest absolute Gasteiger partial charge is 0.118 e. The molecular weight excluding hydrogens is 482 g/mol. The van der Waals surface area contributed by atoms with Gasteiger partial charge in [-0.3, -0.25) is 5.32 Å². The summed E-state index contributed by atoms with van der Waals surface area (Å²) in [6, 6.07) is 42.0. The molecule has 2 atom stereocenters. The molecule has 2 heterocycles. The topological polar surface area (TPSA) is 29.0 Å². The fraction of sp³-hybridized carbons (Fsp3) is 0.118. The Morgan fingerprint density at radius 1 is 0.711 bits per heavy atom. The highest BCUT2D eigenvalue weighted by Gasteiger charge is 2.44. The fourth-order valence-corrected chi connectivity index (χ4v) is 10.7. The molecule has 2 unspecified atom stereocenters. The lowest BCUT2D eigenvalue weighted by Gasteiger charge is -2.53. The molecule has 2 aliphatic rings. The molecule has 188 valence electrons. The van der Waals surface area contributed by atoms with Gasteiger partial charge in [0.15, 0.2) is 0 Å². The van der Waals surface area contributed by atoms with E-state index in [4.69, 9.17) is 0 Å². The van der Waals surface area contributed by atoms with Gasteiger partial charge in [0.05, 0.1) is 5.52 Å². The van der Waals surface area contributed by atoms with Gasteiger partial charge < -0.3 is 9.88 Å². The van der Waals surface area contributed by atoms with E-state index in [9.17, 15) is 0 Å². The molecule has 0 bridgehead atoms. The summed E-state index contributed by atoms with van der Waals surface area (Å²) in [6.07, 6.45) is 10.2. The molecule has 2 N–H and O–H groups in total. The van der Waals surface area contributed by atoms with Crippen molar-refractivity contribution in [3.05, 3.63) is 145 Å². The molecule has 5 aromatic rings. The van der Waals surface area contributed by atoms with E-state index in [2.05, 4.69) is 155 Å². The van der Waals surface area contributed by atoms with Gasteiger partial charge in [-0.05, 0) is 76.5 Å². The zero-order valence-corrected chi connectivity index (χ0v) is 22.0. The van der Waals surface area contributed by atoms with E-state index < -0.39 is 10.0 Å². The third-order valence-electron chi connectivity index (χ3n) is 7.81. The van der Waals surface area contributed by atoms with Crippen molar-refractivity contribution in [3.8, 4) is 5.69 Å². The Kier molecular flexibility index (Phi) is 5.92. The second-order valence-corrected chi connectivity index (χ2v) is 13.3. The van der Waals surface area contributed by atoms with E-state index >= 15 is 0 Å². The van der Waals surface area contributed by atoms with Crippen molar-refractivity contribution in [1.82, 2.24) is 15.2 Å². The van der Waals surface area contributed by atoms with Crippen molar-refractivity contribution in [3.63, 3.8) is 0 Å². The van der Waals surface area contributed by atoms with Crippen molar-refractivity contribution < 1.29 is 0 Å². The maximum absolute atomic E-state index is 3.85. The van der Waals surface area contributed by atoms with E-state index in [1.165, 1.54) is 37.6 Å². The molecule has 7 rings (SSSR count). The van der Waals surface area contributed by atoms with Crippen LogP contribution in [-0.2, 0) is 6.42 Å². The molecule has 0 saturated heterocycles. The van der Waals surface area contributed by atoms with Crippen molar-refractivity contribution >= 4 is 27.0 Å². The molecule has 4 aromatic carbocycles. The van der Waals surface area contributed by atoms with Crippen LogP contribution in [0.25, 0.3) is 22.7 Å². The standard InChI is InChI=1S/C34H31N3S/c1-4-13-26(14-5-1)37-32-20-11-10-19-30(32)31-25-29(21-22-33(31)37)38(27-15-6-2-7-16-27,28-17-8-3-9-18-28)34-35-23-12-24-36-34/h1-23,29,34-36H,24-25H2. The van der Waals surface area contributed by atoms with Gasteiger partial charge in [0.2, 0.25) is 0 Å². The summed E-state index contributed by atoms with van der Waals surface area (Å²) in [4.78, 5) is 2.80. The summed E-state index contributed by atoms with van der Waals surface area (Å²) in [7, 11) is -1.59. The summed E-state index contributed by atoms with van der Waals surface area (Å²) in [5, 5.41) is 9.26. The highest BCUT2D eigenvalue weighted by Crippen LogP contribution is 2.69. The summed E-state index contributed by atoms with van der Waals surface area (Å²) in [6.45, 7) is 0.862. The van der Waals surface area contributed by atoms with Crippen molar-refractivity contribution in [1.29, 1.82) is 0 Å². The number of rotatable bonds is 5. The third-order valence-corrected chi connectivity index (χ3v) is 12.2. The minimum absolute atomic E-state index is 0.121. The highest BCUT2D eigenvalue weighted by molar-refractivity contribution is 8.34. The Balaban J connectivity index is 1.46. The minimum Gasteiger partial charge on any atom is -0.368 e. The van der Waals surface area contributed by atoms with Crippen LogP contribution in [0.3, 0.4) is 0 Å². The number of aromatic nitrogens is 1. The van der Waals surface area contributed by atoms with Crippen LogP contribution in [-0.4, -0.2) is 21.9 Å². The van der Waals surface area contributed by atoms with Crippen molar-refractivity contribution in [2.75, 3.05) is 6.54 Å². The summed E-state index contributed by atoms with van der Waals surface area (Å²) in [5.74, 6) is 0. The van der Waals surface area contributed by atoms with Crippen LogP contribution in [0.2, 0.25) is 0 Å². The van der Waals surface area contributed by atoms with Crippen molar-refractivity contribution in [2.45, 2.75) is 27.0 Å². The molecule has 4 heteroatoms. The second-order valence-electron chi connectivity index (χ2n) is 9.85. The lowest BCUT2D eigenvalue weighted by atomic mass is 10.0. The average Bonchev–Trinajstić information content (AvgIpc) is 3.34. The monoisotopic (exact) mass is 513 g/mol. The highest BCUT2D eigenvalue weighted by atomic mass is 32.3. The first-order valence-electron chi connectivity index (χ1n) is 13.3. The van der Waals surface area contributed by atoms with Gasteiger partial charge in [0.1, 0.15) is 5.50 Å². The van der Waals surface area contributed by atoms with Crippen molar-refractivity contribution in [2.24, 2.45) is 0 Å². The first kappa shape index (κ1) is 23.2. The second kappa shape index (κ2) is 9.71. The Bertz CT molecular complexity index is 1580. The van der Waals surface area contributed by atoms with Crippen LogP contribution in [0.4, 0.5) is 0 Å². The van der Waals surface area contributed by atoms with E-state index in [1.54, 1.807) is 0 Å². The van der Waals surface area contributed by atoms with Gasteiger partial charge in [0.25, 0.3) is 0 Å². The predicted molar refractivity (Wildman–Crippen MR) is 161 cm³/mol. The van der Waals surface area contributed by atoms with Crippen LogP contribution >= 0.6 is 10.0 Å². The molecule has 0 fully saturated rings. The summed E-state index contributed by atoms with van der Waals surface area (Å²) in [5.41, 5.74) is 5.33. The fourth-order valence-electron chi connectivity index (χ4n) is 6.21. The predicted octanol–water partition coefficient (Wildman–Crippen LogP) is 7.48. The Labute approximate surface area is 225 Å². The molecule has 0 saturated carbocycles. The molecule has 0 spiro atoms. The van der Waals surface area contributed by atoms with Crippen LogP contribution in [0, 0.1) is 0 Å². The van der Waals surface area contributed by atoms with Gasteiger partial charge in [-0.2, -0.15) is 0 Å². The number of nitrogens with one attached hydrogen (secondary N) is 2. The lowest BCUT2D eigenvalue weighted by Crippen LogP contribution is -2.49. The Morgan fingerprint density at radius 2 is 1.34 bits per heavy atom. The third kappa shape index (κ3) is 3.64. The van der Waals surface area contributed by atoms with Gasteiger partial charge in [-0.25, -0.2) is 0 Å². The van der Waals surface area contributed by atoms with Gasteiger partial charge in [-0.1, -0.05) is 84.9 Å². The maximum Gasteiger partial charge on any atom is 0.118 e. The Morgan fingerprint density at radius 3 is 2.00 bits per heavy atom. The van der Waals surface area contributed by atoms with Crippen LogP contribution in [0.15, 0.2) is 143 Å². The molecule has 0 amide bonds. The lowest BCUT2D eigenvalue weighted by molar-refractivity contribution is 0.606. The van der Waals surface area contributed by atoms with Crippen LogP contribution in [0.5, 0.6) is 0 Å². The number of hydrogen-bond donors (Lipinski definition) is 2. The van der Waals surface area contributed by atoms with Gasteiger partial charge in [-0.15, -0.1) is 10.0 Å². The molecule has 0 radical (unpaired) electrons. The zero-order valence-electron chi connectivity index (χ0n) is 21.2. The van der Waals surface area contributed by atoms with E-state index in [1.807, 2.05) is 0 Å². The van der Waals surface area contributed by atoms with E-state index in [0.29, 0.717) is 5.25 Å². The number of nitrogens with zero attached hydrogens (tertiary/aromatic N) is 1. The minimum atomic E-state index is -1.59. The van der Waals surface area contributed by atoms with E-state index in [-0.39, 0.29) is 5.50 Å². The van der Waals surface area contributed by atoms with Gasteiger partial charge >= 0.3 is 0 Å². The largest absolute Gasteiger partial charge is 0.368 e. The molecular formula is C34H31N3S.